The number of hydrogen-bond donors (Lipinski definition) is 0. The number of ether oxygens (including phenoxy) is 1. The Hall–Kier alpha value is -2.47. The topological polar surface area (TPSA) is 36.3 Å². The summed E-state index contributed by atoms with van der Waals surface area (Å²) < 4.78 is 5.76. The van der Waals surface area contributed by atoms with Crippen molar-refractivity contribution in [2.45, 2.75) is 25.7 Å². The number of benzene rings is 2. The predicted molar refractivity (Wildman–Crippen MR) is 95.0 cm³/mol. The maximum atomic E-state index is 9.46. The van der Waals surface area contributed by atoms with Crippen molar-refractivity contribution in [1.82, 2.24) is 0 Å². The first kappa shape index (κ1) is 16.9. The van der Waals surface area contributed by atoms with Crippen LogP contribution >= 0.6 is 0 Å². The molecule has 0 saturated heterocycles. The molecule has 0 bridgehead atoms. The molecule has 0 radical (unpaired) electrons. The molecule has 23 heavy (non-hydrogen) atoms. The predicted octanol–water partition coefficient (Wildman–Crippen LogP) is 4.53. The maximum Gasteiger partial charge on any atom is 0.119 e. The van der Waals surface area contributed by atoms with Crippen LogP contribution in [-0.2, 0) is 0 Å². The van der Waals surface area contributed by atoms with Crippen LogP contribution in [0.3, 0.4) is 0 Å². The molecule has 0 aliphatic carbocycles. The molecule has 0 fully saturated rings. The van der Waals surface area contributed by atoms with Gasteiger partial charge in [0.05, 0.1) is 18.6 Å². The van der Waals surface area contributed by atoms with Gasteiger partial charge in [-0.1, -0.05) is 24.3 Å². The van der Waals surface area contributed by atoms with Gasteiger partial charge in [0.25, 0.3) is 0 Å². The molecule has 120 valence electrons. The molecule has 3 nitrogen and oxygen atoms in total. The molecule has 0 aromatic heterocycles. The third-order valence-corrected chi connectivity index (χ3v) is 3.84. The van der Waals surface area contributed by atoms with Crippen LogP contribution < -0.4 is 9.64 Å². The quantitative estimate of drug-likeness (QED) is 0.705. The molecule has 2 rings (SSSR count). The molecule has 1 unspecified atom stereocenters. The molecule has 1 atom stereocenters. The summed E-state index contributed by atoms with van der Waals surface area (Å²) in [6.07, 6.45) is 1.66. The zero-order chi connectivity index (χ0) is 16.7. The van der Waals surface area contributed by atoms with Gasteiger partial charge in [-0.15, -0.1) is 0 Å². The van der Waals surface area contributed by atoms with E-state index in [-0.39, 0.29) is 5.92 Å². The summed E-state index contributed by atoms with van der Waals surface area (Å²) in [4.78, 5) is 2.05. The molecule has 0 aliphatic heterocycles. The normalized spacial score (nSPS) is 11.6. The van der Waals surface area contributed by atoms with Crippen molar-refractivity contribution in [2.75, 3.05) is 25.6 Å². The van der Waals surface area contributed by atoms with Gasteiger partial charge in [0, 0.05) is 19.8 Å². The summed E-state index contributed by atoms with van der Waals surface area (Å²) in [5, 5.41) is 9.46. The van der Waals surface area contributed by atoms with Gasteiger partial charge in [-0.2, -0.15) is 5.26 Å². The van der Waals surface area contributed by atoms with Crippen LogP contribution in [0, 0.1) is 18.3 Å². The first-order valence-corrected chi connectivity index (χ1v) is 7.96. The lowest BCUT2D eigenvalue weighted by atomic mass is 9.95. The van der Waals surface area contributed by atoms with Gasteiger partial charge in [-0.3, -0.25) is 0 Å². The summed E-state index contributed by atoms with van der Waals surface area (Å²) in [6, 6.07) is 18.7. The largest absolute Gasteiger partial charge is 0.494 e. The van der Waals surface area contributed by atoms with E-state index in [0.29, 0.717) is 6.61 Å². The third kappa shape index (κ3) is 5.03. The van der Waals surface area contributed by atoms with E-state index >= 15 is 0 Å². The first-order chi connectivity index (χ1) is 11.1. The van der Waals surface area contributed by atoms with Crippen molar-refractivity contribution < 1.29 is 4.74 Å². The number of nitriles is 1. The van der Waals surface area contributed by atoms with Crippen LogP contribution in [0.25, 0.3) is 0 Å². The smallest absolute Gasteiger partial charge is 0.119 e. The van der Waals surface area contributed by atoms with Crippen LogP contribution in [0.2, 0.25) is 0 Å². The second kappa shape index (κ2) is 8.24. The molecule has 0 heterocycles. The molecule has 2 aromatic carbocycles. The average Bonchev–Trinajstić information content (AvgIpc) is 2.55. The highest BCUT2D eigenvalue weighted by molar-refractivity contribution is 5.48. The Kier molecular flexibility index (Phi) is 6.05. The number of anilines is 1. The summed E-state index contributed by atoms with van der Waals surface area (Å²) in [6.45, 7) is 2.69. The number of nitrogens with zero attached hydrogens (tertiary/aromatic N) is 2. The highest BCUT2D eigenvalue weighted by atomic mass is 16.5. The lowest BCUT2D eigenvalue weighted by molar-refractivity contribution is 0.305. The molecular weight excluding hydrogens is 284 g/mol. The van der Waals surface area contributed by atoms with Crippen LogP contribution in [0.5, 0.6) is 5.75 Å². The number of hydrogen-bond acceptors (Lipinski definition) is 3. The van der Waals surface area contributed by atoms with E-state index in [9.17, 15) is 5.26 Å². The van der Waals surface area contributed by atoms with Crippen molar-refractivity contribution in [1.29, 1.82) is 5.26 Å². The van der Waals surface area contributed by atoms with E-state index in [2.05, 4.69) is 36.1 Å². The van der Waals surface area contributed by atoms with E-state index in [0.717, 1.165) is 29.8 Å². The molecule has 2 aromatic rings. The Morgan fingerprint density at radius 2 is 1.91 bits per heavy atom. The second-order valence-corrected chi connectivity index (χ2v) is 5.98. The summed E-state index contributed by atoms with van der Waals surface area (Å²) in [7, 11) is 4.02. The number of aryl methyl sites for hydroxylation is 1. The molecule has 0 amide bonds. The van der Waals surface area contributed by atoms with Gasteiger partial charge in [0.1, 0.15) is 5.75 Å². The minimum absolute atomic E-state index is 0.0870. The van der Waals surface area contributed by atoms with Gasteiger partial charge in [0.2, 0.25) is 0 Å². The minimum atomic E-state index is -0.0870. The maximum absolute atomic E-state index is 9.46. The van der Waals surface area contributed by atoms with Crippen molar-refractivity contribution in [2.24, 2.45) is 0 Å². The van der Waals surface area contributed by atoms with E-state index in [1.54, 1.807) is 0 Å². The molecule has 3 heteroatoms. The fourth-order valence-electron chi connectivity index (χ4n) is 2.51. The summed E-state index contributed by atoms with van der Waals surface area (Å²) in [5.41, 5.74) is 3.39. The van der Waals surface area contributed by atoms with Gasteiger partial charge < -0.3 is 9.64 Å². The van der Waals surface area contributed by atoms with Crippen LogP contribution in [0.15, 0.2) is 48.5 Å². The zero-order valence-corrected chi connectivity index (χ0v) is 14.1. The molecule has 0 spiro atoms. The lowest BCUT2D eigenvalue weighted by Gasteiger charge is -2.16. The standard InChI is InChI=1S/C20H24N2O/c1-16-7-4-11-20(13-16)23-12-6-9-18(15-21)17-8-5-10-19(14-17)22(2)3/h4-5,7-8,10-11,13-14,18H,6,9,12H2,1-3H3. The second-order valence-electron chi connectivity index (χ2n) is 5.98. The highest BCUT2D eigenvalue weighted by Gasteiger charge is 2.11. The van der Waals surface area contributed by atoms with E-state index in [4.69, 9.17) is 4.74 Å². The van der Waals surface area contributed by atoms with E-state index < -0.39 is 0 Å². The fourth-order valence-corrected chi connectivity index (χ4v) is 2.51. The molecule has 0 N–H and O–H groups in total. The minimum Gasteiger partial charge on any atom is -0.494 e. The van der Waals surface area contributed by atoms with Gasteiger partial charge >= 0.3 is 0 Å². The van der Waals surface area contributed by atoms with E-state index in [1.165, 1.54) is 5.56 Å². The Morgan fingerprint density at radius 1 is 1.13 bits per heavy atom. The van der Waals surface area contributed by atoms with Crippen LogP contribution in [0.1, 0.15) is 29.9 Å². The van der Waals surface area contributed by atoms with Gasteiger partial charge in [0.15, 0.2) is 0 Å². The van der Waals surface area contributed by atoms with Crippen molar-refractivity contribution in [3.8, 4) is 11.8 Å². The van der Waals surface area contributed by atoms with E-state index in [1.807, 2.05) is 44.4 Å². The monoisotopic (exact) mass is 308 g/mol. The summed E-state index contributed by atoms with van der Waals surface area (Å²) in [5.74, 6) is 0.809. The van der Waals surface area contributed by atoms with Gasteiger partial charge in [-0.25, -0.2) is 0 Å². The molecular formula is C20H24N2O. The van der Waals surface area contributed by atoms with Crippen molar-refractivity contribution >= 4 is 5.69 Å². The Morgan fingerprint density at radius 3 is 2.61 bits per heavy atom. The average molecular weight is 308 g/mol. The van der Waals surface area contributed by atoms with Crippen LogP contribution in [0.4, 0.5) is 5.69 Å². The fraction of sp³-hybridized carbons (Fsp3) is 0.350. The SMILES string of the molecule is Cc1cccc(OCCCC(C#N)c2cccc(N(C)C)c2)c1. The number of rotatable bonds is 7. The zero-order valence-electron chi connectivity index (χ0n) is 14.1. The molecule has 0 aliphatic rings. The Balaban J connectivity index is 1.88. The van der Waals surface area contributed by atoms with Gasteiger partial charge in [-0.05, 0) is 55.2 Å². The summed E-state index contributed by atoms with van der Waals surface area (Å²) >= 11 is 0. The molecule has 0 saturated carbocycles. The van der Waals surface area contributed by atoms with Crippen LogP contribution in [-0.4, -0.2) is 20.7 Å². The van der Waals surface area contributed by atoms with Crippen molar-refractivity contribution in [3.05, 3.63) is 59.7 Å². The first-order valence-electron chi connectivity index (χ1n) is 7.96. The Bertz CT molecular complexity index is 673. The highest BCUT2D eigenvalue weighted by Crippen LogP contribution is 2.24. The lowest BCUT2D eigenvalue weighted by Crippen LogP contribution is -2.09. The third-order valence-electron chi connectivity index (χ3n) is 3.84. The Labute approximate surface area is 139 Å². The van der Waals surface area contributed by atoms with Crippen molar-refractivity contribution in [3.63, 3.8) is 0 Å².